The van der Waals surface area contributed by atoms with Gasteiger partial charge in [0.25, 0.3) is 0 Å². The molecule has 0 radical (unpaired) electrons. The van der Waals surface area contributed by atoms with Crippen LogP contribution in [0.4, 0.5) is 13.2 Å². The summed E-state index contributed by atoms with van der Waals surface area (Å²) in [5, 5.41) is 0.896. The highest BCUT2D eigenvalue weighted by molar-refractivity contribution is 6.30. The molecule has 9 aliphatic rings. The molecule has 390 valence electrons. The zero-order chi connectivity index (χ0) is 49.1. The van der Waals surface area contributed by atoms with E-state index in [0.717, 1.165) is 90.3 Å². The number of methoxy groups -OCH3 is 1. The Morgan fingerprint density at radius 2 is 1.07 bits per heavy atom. The van der Waals surface area contributed by atoms with Crippen molar-refractivity contribution in [1.29, 1.82) is 0 Å². The number of fused-ring (bicyclic) bond motifs is 6. The summed E-state index contributed by atoms with van der Waals surface area (Å²) in [6.07, 6.45) is 25.9. The predicted octanol–water partition coefficient (Wildman–Crippen LogP) is 15.9. The quantitative estimate of drug-likeness (QED) is 0.224. The molecule has 0 spiro atoms. The van der Waals surface area contributed by atoms with Crippen LogP contribution in [0, 0.1) is 49.4 Å². The smallest absolute Gasteiger partial charge is 0.496 e. The van der Waals surface area contributed by atoms with Crippen LogP contribution in [0.2, 0.25) is 5.02 Å². The molecular formula is C62H87ClF3N3O2. The number of aryl methyl sites for hydroxylation is 2. The summed E-state index contributed by atoms with van der Waals surface area (Å²) < 4.78 is 47.7. The van der Waals surface area contributed by atoms with Crippen molar-refractivity contribution in [2.24, 2.45) is 35.5 Å². The number of rotatable bonds is 8. The molecule has 6 saturated carbocycles. The van der Waals surface area contributed by atoms with Gasteiger partial charge in [0.2, 0.25) is 0 Å². The average Bonchev–Trinajstić information content (AvgIpc) is 4.18. The van der Waals surface area contributed by atoms with Crippen molar-refractivity contribution in [3.63, 3.8) is 0 Å². The molecule has 3 aliphatic heterocycles. The number of ether oxygens (including phenoxy) is 2. The van der Waals surface area contributed by atoms with Crippen LogP contribution in [-0.2, 0) is 0 Å². The van der Waals surface area contributed by atoms with Gasteiger partial charge in [0.05, 0.1) is 7.11 Å². The van der Waals surface area contributed by atoms with Crippen LogP contribution in [0.3, 0.4) is 0 Å². The second-order valence-corrected chi connectivity index (χ2v) is 24.9. The Bertz CT molecular complexity index is 2180. The Morgan fingerprint density at radius 3 is 1.77 bits per heavy atom. The Labute approximate surface area is 431 Å². The Hall–Kier alpha value is -2.78. The van der Waals surface area contributed by atoms with Crippen LogP contribution in [0.5, 0.6) is 11.5 Å². The highest BCUT2D eigenvalue weighted by Gasteiger charge is 2.44. The van der Waals surface area contributed by atoms with Crippen LogP contribution in [0.15, 0.2) is 60.7 Å². The van der Waals surface area contributed by atoms with Gasteiger partial charge in [-0.3, -0.25) is 0 Å². The number of piperidine rings is 3. The van der Waals surface area contributed by atoms with Crippen LogP contribution in [0.25, 0.3) is 0 Å². The van der Waals surface area contributed by atoms with Crippen LogP contribution in [-0.4, -0.2) is 85.6 Å². The second kappa shape index (κ2) is 23.4. The number of hydrogen-bond acceptors (Lipinski definition) is 5. The van der Waals surface area contributed by atoms with E-state index in [1.165, 1.54) is 183 Å². The summed E-state index contributed by atoms with van der Waals surface area (Å²) >= 11 is 6.23. The zero-order valence-electron chi connectivity index (χ0n) is 43.7. The first-order valence-electron chi connectivity index (χ1n) is 28.9. The van der Waals surface area contributed by atoms with Gasteiger partial charge in [-0.1, -0.05) is 92.1 Å². The molecule has 3 heterocycles. The Kier molecular flexibility index (Phi) is 17.0. The largest absolute Gasteiger partial charge is 0.573 e. The molecule has 5 nitrogen and oxygen atoms in total. The number of hydrogen-bond donors (Lipinski definition) is 0. The molecule has 0 amide bonds. The minimum absolute atomic E-state index is 0.0247. The van der Waals surface area contributed by atoms with E-state index in [1.54, 1.807) is 18.2 Å². The monoisotopic (exact) mass is 998 g/mol. The number of halogens is 4. The maximum atomic E-state index is 12.6. The topological polar surface area (TPSA) is 28.2 Å². The molecular weight excluding hydrogens is 911 g/mol. The second-order valence-electron chi connectivity index (χ2n) is 24.5. The third-order valence-electron chi connectivity index (χ3n) is 20.2. The minimum Gasteiger partial charge on any atom is -0.496 e. The van der Waals surface area contributed by atoms with Gasteiger partial charge in [0.15, 0.2) is 0 Å². The predicted molar refractivity (Wildman–Crippen MR) is 284 cm³/mol. The van der Waals surface area contributed by atoms with Crippen molar-refractivity contribution < 1.29 is 22.6 Å². The fourth-order valence-electron chi connectivity index (χ4n) is 16.6. The average molecular weight is 999 g/mol. The Morgan fingerprint density at radius 1 is 0.493 bits per heavy atom. The van der Waals surface area contributed by atoms with E-state index in [0.29, 0.717) is 17.4 Å². The lowest BCUT2D eigenvalue weighted by atomic mass is 9.85. The Balaban J connectivity index is 0.000000123. The van der Waals surface area contributed by atoms with Crippen molar-refractivity contribution in [3.05, 3.63) is 93.5 Å². The molecule has 0 N–H and O–H groups in total. The lowest BCUT2D eigenvalue weighted by Gasteiger charge is -2.40. The third kappa shape index (κ3) is 12.8. The van der Waals surface area contributed by atoms with Gasteiger partial charge in [-0.15, -0.1) is 13.2 Å². The molecule has 9 fully saturated rings. The van der Waals surface area contributed by atoms with Crippen LogP contribution in [0.1, 0.15) is 187 Å². The molecule has 3 saturated heterocycles. The minimum atomic E-state index is -4.63. The zero-order valence-corrected chi connectivity index (χ0v) is 44.4. The normalized spacial score (nSPS) is 32.1. The van der Waals surface area contributed by atoms with Crippen molar-refractivity contribution in [2.75, 3.05) is 46.4 Å². The van der Waals surface area contributed by atoms with E-state index in [1.807, 2.05) is 13.2 Å². The van der Waals surface area contributed by atoms with Gasteiger partial charge in [-0.2, -0.15) is 0 Å². The summed E-state index contributed by atoms with van der Waals surface area (Å²) in [6.45, 7) is 11.6. The first-order chi connectivity index (χ1) is 34.4. The third-order valence-corrected chi connectivity index (χ3v) is 20.5. The summed E-state index contributed by atoms with van der Waals surface area (Å²) in [4.78, 5) is 8.29. The highest BCUT2D eigenvalue weighted by Crippen LogP contribution is 2.49. The number of likely N-dealkylation sites (tertiary alicyclic amines) is 3. The van der Waals surface area contributed by atoms with Gasteiger partial charge < -0.3 is 24.2 Å². The molecule has 9 atom stereocenters. The number of benzene rings is 3. The van der Waals surface area contributed by atoms with E-state index < -0.39 is 6.36 Å². The first kappa shape index (κ1) is 51.7. The molecule has 3 aromatic rings. The van der Waals surface area contributed by atoms with Crippen molar-refractivity contribution in [3.8, 4) is 11.5 Å². The van der Waals surface area contributed by atoms with E-state index in [-0.39, 0.29) is 11.7 Å². The van der Waals surface area contributed by atoms with Crippen molar-refractivity contribution in [2.45, 2.75) is 197 Å². The van der Waals surface area contributed by atoms with E-state index in [4.69, 9.17) is 16.3 Å². The summed E-state index contributed by atoms with van der Waals surface area (Å²) in [5.74, 6) is 8.60. The SMILES string of the molecule is COc1ccc(C)cc1C1CCN([C@H]2CCC[C@H]3CC[C@H]2C3)CC1.Cc1ccc(Cl)cc1C1CCN(C2CC[C@H]3CC[C@H](C2)C3)CC1.FC(F)(F)Oc1ccccc1C1CCN([C@H]2C[C@H]3CC[C@H]2C3)CC1. The van der Waals surface area contributed by atoms with Crippen LogP contribution < -0.4 is 9.47 Å². The molecule has 6 bridgehead atoms. The fraction of sp³-hybridized carbons (Fsp3) is 0.710. The van der Waals surface area contributed by atoms with E-state index in [2.05, 4.69) is 63.6 Å². The van der Waals surface area contributed by atoms with Gasteiger partial charge in [-0.05, 0) is 256 Å². The molecule has 71 heavy (non-hydrogen) atoms. The lowest BCUT2D eigenvalue weighted by Crippen LogP contribution is -2.44. The molecule has 1 unspecified atom stereocenters. The maximum Gasteiger partial charge on any atom is 0.573 e. The maximum absolute atomic E-state index is 12.6. The molecule has 0 aromatic heterocycles. The summed E-state index contributed by atoms with van der Waals surface area (Å²) in [7, 11) is 1.81. The van der Waals surface area contributed by atoms with Gasteiger partial charge in [0, 0.05) is 23.1 Å². The number of alkyl halides is 3. The lowest BCUT2D eigenvalue weighted by molar-refractivity contribution is -0.275. The number of nitrogens with zero attached hydrogens (tertiary/aromatic N) is 3. The van der Waals surface area contributed by atoms with E-state index >= 15 is 0 Å². The summed E-state index contributed by atoms with van der Waals surface area (Å²) in [6, 6.07) is 22.2. The standard InChI is InChI=1S/C22H33NO.C21H30ClN.C19H24F3NO/c1-16-6-9-22(24-2)20(14-16)18-10-12-23(13-11-18)21-5-3-4-17-7-8-19(21)15-17;1-15-2-6-19(22)14-21(15)18-8-10-23(11-9-18)20-7-5-16-3-4-17(12-16)13-20;20-19(21,22)24-18-4-2-1-3-16(18)14-7-9-23(10-8-14)17-12-13-5-6-15(17)11-13/h6,9,14,17-19,21H,3-5,7-8,10-13,15H2,1-2H3;2,6,14,16-18,20H,3-5,7-13H2,1H3;1-4,13-15,17H,5-12H2/t17-,19-,21-;16-,17+,20?;13-,15-,17-/m010/s1. The summed E-state index contributed by atoms with van der Waals surface area (Å²) in [5.41, 5.74) is 6.42. The molecule has 12 rings (SSSR count). The van der Waals surface area contributed by atoms with Crippen LogP contribution >= 0.6 is 11.6 Å². The van der Waals surface area contributed by atoms with Gasteiger partial charge in [-0.25, -0.2) is 0 Å². The molecule has 3 aromatic carbocycles. The van der Waals surface area contributed by atoms with Gasteiger partial charge in [0.1, 0.15) is 11.5 Å². The van der Waals surface area contributed by atoms with Crippen molar-refractivity contribution in [1.82, 2.24) is 14.7 Å². The number of para-hydroxylation sites is 1. The fourth-order valence-corrected chi connectivity index (χ4v) is 16.7. The highest BCUT2D eigenvalue weighted by atomic mass is 35.5. The van der Waals surface area contributed by atoms with E-state index in [9.17, 15) is 13.2 Å². The van der Waals surface area contributed by atoms with Gasteiger partial charge >= 0.3 is 6.36 Å². The molecule has 9 heteroatoms. The first-order valence-corrected chi connectivity index (χ1v) is 29.3. The van der Waals surface area contributed by atoms with Crippen molar-refractivity contribution >= 4 is 11.6 Å². The molecule has 6 aliphatic carbocycles.